The Morgan fingerprint density at radius 1 is 1.10 bits per heavy atom. The molecule has 1 saturated heterocycles. The topological polar surface area (TPSA) is 75.2 Å². The van der Waals surface area contributed by atoms with E-state index in [1.165, 1.54) is 0 Å². The van der Waals surface area contributed by atoms with Crippen molar-refractivity contribution in [3.8, 4) is 11.3 Å². The molecular weight excluding hydrogens is 384 g/mol. The molecule has 1 aliphatic heterocycles. The van der Waals surface area contributed by atoms with E-state index in [1.54, 1.807) is 35.0 Å². The highest BCUT2D eigenvalue weighted by Crippen LogP contribution is 2.25. The van der Waals surface area contributed by atoms with Gasteiger partial charge in [-0.1, -0.05) is 30.3 Å². The number of nitrogens with zero attached hydrogens (tertiary/aromatic N) is 3. The first-order chi connectivity index (χ1) is 14.1. The molecule has 0 spiro atoms. The highest BCUT2D eigenvalue weighted by molar-refractivity contribution is 7.99. The minimum Gasteiger partial charge on any atom is -0.324 e. The summed E-state index contributed by atoms with van der Waals surface area (Å²) in [7, 11) is 0. The van der Waals surface area contributed by atoms with Crippen molar-refractivity contribution in [2.24, 2.45) is 0 Å². The van der Waals surface area contributed by atoms with Crippen LogP contribution in [0.15, 0.2) is 66.9 Å². The van der Waals surface area contributed by atoms with Gasteiger partial charge in [0.2, 0.25) is 5.91 Å². The van der Waals surface area contributed by atoms with E-state index in [9.17, 15) is 9.59 Å². The van der Waals surface area contributed by atoms with Crippen molar-refractivity contribution in [1.82, 2.24) is 14.9 Å². The van der Waals surface area contributed by atoms with Crippen LogP contribution in [0.2, 0.25) is 0 Å². The number of hydrogen-bond acceptors (Lipinski definition) is 5. The minimum atomic E-state index is -0.502. The van der Waals surface area contributed by atoms with Gasteiger partial charge in [0.05, 0.1) is 11.6 Å². The fourth-order valence-corrected chi connectivity index (χ4v) is 4.36. The van der Waals surface area contributed by atoms with Crippen molar-refractivity contribution in [2.75, 3.05) is 16.9 Å². The third-order valence-electron chi connectivity index (χ3n) is 4.67. The standard InChI is InChI=1S/C22H20N4O2S/c1-15-23-11-10-19(24-15)17-8-5-9-18(12-17)25-21(27)20-13-29-14-26(20)22(28)16-6-3-2-4-7-16/h2-12,20H,13-14H2,1H3,(H,25,27)/t20-/m1/s1. The molecule has 0 saturated carbocycles. The van der Waals surface area contributed by atoms with Gasteiger partial charge < -0.3 is 10.2 Å². The largest absolute Gasteiger partial charge is 0.324 e. The fraction of sp³-hybridized carbons (Fsp3) is 0.182. The molecule has 6 nitrogen and oxygen atoms in total. The van der Waals surface area contributed by atoms with Crippen LogP contribution in [0.3, 0.4) is 0 Å². The molecule has 4 rings (SSSR count). The summed E-state index contributed by atoms with van der Waals surface area (Å²) in [6.45, 7) is 1.84. The predicted molar refractivity (Wildman–Crippen MR) is 115 cm³/mol. The van der Waals surface area contributed by atoms with Crippen LogP contribution < -0.4 is 5.32 Å². The zero-order valence-electron chi connectivity index (χ0n) is 15.9. The van der Waals surface area contributed by atoms with Gasteiger partial charge in [0.25, 0.3) is 5.91 Å². The third-order valence-corrected chi connectivity index (χ3v) is 5.68. The van der Waals surface area contributed by atoms with E-state index < -0.39 is 6.04 Å². The van der Waals surface area contributed by atoms with Crippen molar-refractivity contribution in [2.45, 2.75) is 13.0 Å². The maximum absolute atomic E-state index is 12.9. The lowest BCUT2D eigenvalue weighted by Crippen LogP contribution is -2.44. The number of carbonyl (C=O) groups excluding carboxylic acids is 2. The molecule has 146 valence electrons. The van der Waals surface area contributed by atoms with Gasteiger partial charge in [-0.05, 0) is 37.3 Å². The zero-order chi connectivity index (χ0) is 20.2. The smallest absolute Gasteiger partial charge is 0.255 e. The van der Waals surface area contributed by atoms with E-state index in [-0.39, 0.29) is 11.8 Å². The second kappa shape index (κ2) is 8.45. The van der Waals surface area contributed by atoms with Gasteiger partial charge in [0.15, 0.2) is 0 Å². The Kier molecular flexibility index (Phi) is 5.57. The lowest BCUT2D eigenvalue weighted by atomic mass is 10.1. The van der Waals surface area contributed by atoms with Crippen molar-refractivity contribution in [3.63, 3.8) is 0 Å². The molecule has 2 aromatic carbocycles. The lowest BCUT2D eigenvalue weighted by Gasteiger charge is -2.23. The van der Waals surface area contributed by atoms with Crippen LogP contribution >= 0.6 is 11.8 Å². The number of hydrogen-bond donors (Lipinski definition) is 1. The van der Waals surface area contributed by atoms with Gasteiger partial charge in [0, 0.05) is 28.8 Å². The Morgan fingerprint density at radius 3 is 2.72 bits per heavy atom. The highest BCUT2D eigenvalue weighted by Gasteiger charge is 2.35. The number of nitrogens with one attached hydrogen (secondary N) is 1. The molecule has 3 aromatic rings. The molecule has 1 N–H and O–H groups in total. The molecule has 7 heteroatoms. The molecule has 2 amide bonds. The summed E-state index contributed by atoms with van der Waals surface area (Å²) in [5, 5.41) is 2.96. The average Bonchev–Trinajstić information content (AvgIpc) is 3.24. The number of carbonyl (C=O) groups is 2. The maximum atomic E-state index is 12.9. The molecular formula is C22H20N4O2S. The quantitative estimate of drug-likeness (QED) is 0.719. The van der Waals surface area contributed by atoms with Crippen molar-refractivity contribution in [3.05, 3.63) is 78.2 Å². The zero-order valence-corrected chi connectivity index (χ0v) is 16.7. The number of anilines is 1. The number of aryl methyl sites for hydroxylation is 1. The second-order valence-electron chi connectivity index (χ2n) is 6.72. The van der Waals surface area contributed by atoms with Crippen molar-refractivity contribution in [1.29, 1.82) is 0 Å². The first-order valence-electron chi connectivity index (χ1n) is 9.26. The van der Waals surface area contributed by atoms with Gasteiger partial charge in [0.1, 0.15) is 11.9 Å². The minimum absolute atomic E-state index is 0.124. The summed E-state index contributed by atoms with van der Waals surface area (Å²) in [6.07, 6.45) is 1.71. The van der Waals surface area contributed by atoms with Gasteiger partial charge in [-0.15, -0.1) is 11.8 Å². The van der Waals surface area contributed by atoms with Crippen LogP contribution in [-0.4, -0.2) is 44.4 Å². The molecule has 0 radical (unpaired) electrons. The van der Waals surface area contributed by atoms with Gasteiger partial charge in [-0.2, -0.15) is 0 Å². The molecule has 1 fully saturated rings. The number of rotatable bonds is 4. The molecule has 0 bridgehead atoms. The highest BCUT2D eigenvalue weighted by atomic mass is 32.2. The molecule has 29 heavy (non-hydrogen) atoms. The Labute approximate surface area is 173 Å². The summed E-state index contributed by atoms with van der Waals surface area (Å²) in [5.41, 5.74) is 2.96. The summed E-state index contributed by atoms with van der Waals surface area (Å²) in [4.78, 5) is 35.9. The molecule has 1 aliphatic rings. The summed E-state index contributed by atoms with van der Waals surface area (Å²) in [5.74, 6) is 1.47. The number of aromatic nitrogens is 2. The first kappa shape index (κ1) is 19.1. The average molecular weight is 404 g/mol. The molecule has 2 heterocycles. The van der Waals surface area contributed by atoms with Crippen LogP contribution in [0.5, 0.6) is 0 Å². The maximum Gasteiger partial charge on any atom is 0.255 e. The summed E-state index contributed by atoms with van der Waals surface area (Å²) in [6, 6.07) is 17.9. The van der Waals surface area contributed by atoms with Crippen LogP contribution in [0, 0.1) is 6.92 Å². The molecule has 1 aromatic heterocycles. The Hall–Kier alpha value is -3.19. The van der Waals surface area contributed by atoms with Crippen LogP contribution in [-0.2, 0) is 4.79 Å². The molecule has 0 unspecified atom stereocenters. The SMILES string of the molecule is Cc1nccc(-c2cccc(NC(=O)[C@H]3CSCN3C(=O)c3ccccc3)c2)n1. The fourth-order valence-electron chi connectivity index (χ4n) is 3.21. The Bertz CT molecular complexity index is 1040. The van der Waals surface area contributed by atoms with E-state index in [0.717, 1.165) is 11.3 Å². The van der Waals surface area contributed by atoms with Gasteiger partial charge in [-0.3, -0.25) is 9.59 Å². The molecule has 1 atom stereocenters. The van der Waals surface area contributed by atoms with E-state index in [2.05, 4.69) is 15.3 Å². The Morgan fingerprint density at radius 2 is 1.93 bits per heavy atom. The normalized spacial score (nSPS) is 15.9. The third kappa shape index (κ3) is 4.30. The number of amides is 2. The monoisotopic (exact) mass is 404 g/mol. The first-order valence-corrected chi connectivity index (χ1v) is 10.4. The van der Waals surface area contributed by atoms with E-state index in [1.807, 2.05) is 55.5 Å². The van der Waals surface area contributed by atoms with Crippen LogP contribution in [0.1, 0.15) is 16.2 Å². The van der Waals surface area contributed by atoms with E-state index in [0.29, 0.717) is 28.7 Å². The van der Waals surface area contributed by atoms with Crippen molar-refractivity contribution < 1.29 is 9.59 Å². The van der Waals surface area contributed by atoms with Gasteiger partial charge >= 0.3 is 0 Å². The summed E-state index contributed by atoms with van der Waals surface area (Å²) < 4.78 is 0. The lowest BCUT2D eigenvalue weighted by molar-refractivity contribution is -0.119. The van der Waals surface area contributed by atoms with E-state index in [4.69, 9.17) is 0 Å². The van der Waals surface area contributed by atoms with E-state index >= 15 is 0 Å². The number of benzene rings is 2. The van der Waals surface area contributed by atoms with Crippen LogP contribution in [0.25, 0.3) is 11.3 Å². The summed E-state index contributed by atoms with van der Waals surface area (Å²) >= 11 is 1.58. The molecule has 0 aliphatic carbocycles. The second-order valence-corrected chi connectivity index (χ2v) is 7.72. The number of thioether (sulfide) groups is 1. The van der Waals surface area contributed by atoms with Crippen molar-refractivity contribution >= 4 is 29.3 Å². The Balaban J connectivity index is 1.50. The van der Waals surface area contributed by atoms with Gasteiger partial charge in [-0.25, -0.2) is 9.97 Å². The van der Waals surface area contributed by atoms with Crippen LogP contribution in [0.4, 0.5) is 5.69 Å². The predicted octanol–water partition coefficient (Wildman–Crippen LogP) is 3.61.